The first-order chi connectivity index (χ1) is 13.4. The van der Waals surface area contributed by atoms with E-state index in [0.29, 0.717) is 18.0 Å². The first-order valence-electron chi connectivity index (χ1n) is 9.69. The Labute approximate surface area is 176 Å². The van der Waals surface area contributed by atoms with Crippen LogP contribution >= 0.6 is 0 Å². The lowest BCUT2D eigenvalue weighted by molar-refractivity contribution is 0.286. The summed E-state index contributed by atoms with van der Waals surface area (Å²) in [6, 6.07) is 14.0. The molecule has 2 aromatic rings. The molecule has 6 nitrogen and oxygen atoms in total. The molecule has 8 heteroatoms. The van der Waals surface area contributed by atoms with Gasteiger partial charge in [0.05, 0.1) is 22.0 Å². The standard InChI is InChI=1S/C21H32N3O3SSi/c1-21(2,3)29(4,5)27-15-9-14-23-20-13-12-17(16-19(20)22)24-28(25,26)18-10-7-6-8-11-18/h7-8,10-13,16,23-24H,9,14-15,22H2,1-5H3. The highest BCUT2D eigenvalue weighted by Crippen LogP contribution is 2.36. The molecule has 0 aromatic heterocycles. The number of hydrogen-bond acceptors (Lipinski definition) is 5. The van der Waals surface area contributed by atoms with Crippen molar-refractivity contribution in [3.05, 3.63) is 48.5 Å². The maximum absolute atomic E-state index is 12.4. The molecule has 29 heavy (non-hydrogen) atoms. The zero-order chi connectivity index (χ0) is 21.7. The third kappa shape index (κ3) is 6.48. The van der Waals surface area contributed by atoms with E-state index in [2.05, 4.69) is 50.0 Å². The Morgan fingerprint density at radius 3 is 2.38 bits per heavy atom. The Kier molecular flexibility index (Phi) is 7.37. The Morgan fingerprint density at radius 1 is 1.14 bits per heavy atom. The lowest BCUT2D eigenvalue weighted by Gasteiger charge is -2.36. The monoisotopic (exact) mass is 434 g/mol. The van der Waals surface area contributed by atoms with Crippen LogP contribution in [0.15, 0.2) is 47.4 Å². The Hall–Kier alpha value is -2.03. The van der Waals surface area contributed by atoms with Gasteiger partial charge in [0.2, 0.25) is 0 Å². The van der Waals surface area contributed by atoms with Crippen LogP contribution in [0.4, 0.5) is 17.1 Å². The molecule has 2 aromatic carbocycles. The van der Waals surface area contributed by atoms with Gasteiger partial charge in [-0.15, -0.1) is 0 Å². The fourth-order valence-corrected chi connectivity index (χ4v) is 4.53. The molecule has 0 heterocycles. The molecule has 0 bridgehead atoms. The van der Waals surface area contributed by atoms with E-state index < -0.39 is 18.3 Å². The van der Waals surface area contributed by atoms with E-state index >= 15 is 0 Å². The van der Waals surface area contributed by atoms with Crippen molar-refractivity contribution in [1.29, 1.82) is 0 Å². The molecule has 0 spiro atoms. The summed E-state index contributed by atoms with van der Waals surface area (Å²) in [5.41, 5.74) is 7.77. The molecule has 0 saturated heterocycles. The summed E-state index contributed by atoms with van der Waals surface area (Å²) in [7, 11) is -5.38. The fourth-order valence-electron chi connectivity index (χ4n) is 2.39. The van der Waals surface area contributed by atoms with E-state index in [9.17, 15) is 8.42 Å². The zero-order valence-electron chi connectivity index (χ0n) is 17.9. The lowest BCUT2D eigenvalue weighted by atomic mass is 10.2. The largest absolute Gasteiger partial charge is 0.417 e. The van der Waals surface area contributed by atoms with Crippen molar-refractivity contribution < 1.29 is 12.8 Å². The molecule has 0 amide bonds. The summed E-state index contributed by atoms with van der Waals surface area (Å²) in [4.78, 5) is 0.179. The van der Waals surface area contributed by atoms with Gasteiger partial charge in [-0.2, -0.15) is 0 Å². The van der Waals surface area contributed by atoms with Crippen LogP contribution in [0.1, 0.15) is 27.2 Å². The van der Waals surface area contributed by atoms with Crippen molar-refractivity contribution in [1.82, 2.24) is 0 Å². The van der Waals surface area contributed by atoms with Gasteiger partial charge in [0.25, 0.3) is 10.0 Å². The van der Waals surface area contributed by atoms with Crippen molar-refractivity contribution in [2.75, 3.05) is 28.9 Å². The Morgan fingerprint density at radius 2 is 1.79 bits per heavy atom. The molecule has 1 radical (unpaired) electrons. The summed E-state index contributed by atoms with van der Waals surface area (Å²) < 4.78 is 33.5. The van der Waals surface area contributed by atoms with Crippen LogP contribution in [0.25, 0.3) is 0 Å². The van der Waals surface area contributed by atoms with E-state index in [0.717, 1.165) is 18.7 Å². The molecule has 0 fully saturated rings. The van der Waals surface area contributed by atoms with Crippen molar-refractivity contribution in [2.24, 2.45) is 0 Å². The third-order valence-corrected chi connectivity index (χ3v) is 11.1. The van der Waals surface area contributed by atoms with E-state index in [-0.39, 0.29) is 9.93 Å². The second-order valence-electron chi connectivity index (χ2n) is 8.53. The third-order valence-electron chi connectivity index (χ3n) is 5.21. The average molecular weight is 435 g/mol. The van der Waals surface area contributed by atoms with Crippen molar-refractivity contribution >= 4 is 35.4 Å². The predicted octanol–water partition coefficient (Wildman–Crippen LogP) is 4.69. The quantitative estimate of drug-likeness (QED) is 0.302. The second kappa shape index (κ2) is 9.19. The van der Waals surface area contributed by atoms with E-state index in [1.807, 2.05) is 0 Å². The summed E-state index contributed by atoms with van der Waals surface area (Å²) in [6.07, 6.45) is 0.866. The van der Waals surface area contributed by atoms with Crippen LogP contribution < -0.4 is 15.8 Å². The van der Waals surface area contributed by atoms with Gasteiger partial charge in [-0.3, -0.25) is 4.72 Å². The van der Waals surface area contributed by atoms with E-state index in [1.54, 1.807) is 30.3 Å². The van der Waals surface area contributed by atoms with Gasteiger partial charge < -0.3 is 15.5 Å². The SMILES string of the molecule is CC(C)(C)[Si](C)(C)OCCCNc1ccc(NS(=O)(=O)c2cc[c]cc2)cc1N. The minimum atomic E-state index is -3.65. The number of rotatable bonds is 9. The number of nitrogens with one attached hydrogen (secondary N) is 2. The van der Waals surface area contributed by atoms with Crippen LogP contribution in [0.3, 0.4) is 0 Å². The van der Waals surface area contributed by atoms with Gasteiger partial charge in [0, 0.05) is 13.2 Å². The zero-order valence-corrected chi connectivity index (χ0v) is 19.7. The van der Waals surface area contributed by atoms with Crippen LogP contribution in [-0.4, -0.2) is 29.9 Å². The van der Waals surface area contributed by atoms with Gasteiger partial charge in [-0.25, -0.2) is 8.42 Å². The Bertz CT molecular complexity index is 911. The van der Waals surface area contributed by atoms with Crippen molar-refractivity contribution in [3.63, 3.8) is 0 Å². The van der Waals surface area contributed by atoms with Gasteiger partial charge in [-0.05, 0) is 61.0 Å². The van der Waals surface area contributed by atoms with Gasteiger partial charge >= 0.3 is 0 Å². The van der Waals surface area contributed by atoms with Crippen LogP contribution in [0.2, 0.25) is 18.1 Å². The van der Waals surface area contributed by atoms with E-state index in [1.165, 1.54) is 12.1 Å². The molecule has 0 saturated carbocycles. The van der Waals surface area contributed by atoms with Gasteiger partial charge in [0.1, 0.15) is 0 Å². The first-order valence-corrected chi connectivity index (χ1v) is 14.1. The van der Waals surface area contributed by atoms with Crippen molar-refractivity contribution in [3.8, 4) is 0 Å². The highest BCUT2D eigenvalue weighted by atomic mass is 32.2. The minimum Gasteiger partial charge on any atom is -0.417 e. The fraction of sp³-hybridized carbons (Fsp3) is 0.429. The Balaban J connectivity index is 1.89. The average Bonchev–Trinajstić information content (AvgIpc) is 2.62. The number of anilines is 3. The molecule has 159 valence electrons. The molecule has 0 aliphatic rings. The molecule has 2 rings (SSSR count). The molecule has 4 N–H and O–H groups in total. The predicted molar refractivity (Wildman–Crippen MR) is 123 cm³/mol. The maximum atomic E-state index is 12.4. The highest BCUT2D eigenvalue weighted by Gasteiger charge is 2.36. The summed E-state index contributed by atoms with van der Waals surface area (Å²) >= 11 is 0. The number of benzene rings is 2. The lowest BCUT2D eigenvalue weighted by Crippen LogP contribution is -2.41. The topological polar surface area (TPSA) is 93.5 Å². The van der Waals surface area contributed by atoms with E-state index in [4.69, 9.17) is 10.2 Å². The number of nitrogen functional groups attached to an aromatic ring is 1. The smallest absolute Gasteiger partial charge is 0.261 e. The molecular formula is C21H32N3O3SSi. The molecule has 0 atom stereocenters. The van der Waals surface area contributed by atoms with Gasteiger partial charge in [0.15, 0.2) is 8.32 Å². The van der Waals surface area contributed by atoms with Crippen LogP contribution in [-0.2, 0) is 14.4 Å². The number of hydrogen-bond donors (Lipinski definition) is 3. The molecule has 0 aliphatic carbocycles. The number of sulfonamides is 1. The second-order valence-corrected chi connectivity index (χ2v) is 15.0. The summed E-state index contributed by atoms with van der Waals surface area (Å²) in [6.45, 7) is 12.6. The molecule has 0 unspecified atom stereocenters. The molecular weight excluding hydrogens is 402 g/mol. The van der Waals surface area contributed by atoms with Crippen LogP contribution in [0.5, 0.6) is 0 Å². The maximum Gasteiger partial charge on any atom is 0.261 e. The highest BCUT2D eigenvalue weighted by molar-refractivity contribution is 7.92. The minimum absolute atomic E-state index is 0.179. The molecule has 0 aliphatic heterocycles. The summed E-state index contributed by atoms with van der Waals surface area (Å²) in [5, 5.41) is 3.49. The van der Waals surface area contributed by atoms with Crippen molar-refractivity contribution in [2.45, 2.75) is 50.2 Å². The summed E-state index contributed by atoms with van der Waals surface area (Å²) in [5.74, 6) is 0. The van der Waals surface area contributed by atoms with Gasteiger partial charge in [-0.1, -0.05) is 32.9 Å². The number of nitrogens with two attached hydrogens (primary N) is 1. The normalized spacial score (nSPS) is 12.6. The first kappa shape index (κ1) is 23.2. The van der Waals surface area contributed by atoms with Crippen LogP contribution in [0, 0.1) is 6.07 Å².